The van der Waals surface area contributed by atoms with Crippen molar-refractivity contribution in [2.75, 3.05) is 0 Å². The second-order valence-corrected chi connectivity index (χ2v) is 11.4. The van der Waals surface area contributed by atoms with Crippen LogP contribution in [-0.4, -0.2) is 34.0 Å². The molecule has 0 fully saturated rings. The van der Waals surface area contributed by atoms with E-state index in [1.807, 2.05) is 84.9 Å². The predicted octanol–water partition coefficient (Wildman–Crippen LogP) is 4.90. The van der Waals surface area contributed by atoms with Crippen LogP contribution in [-0.2, 0) is 10.0 Å². The maximum absolute atomic E-state index is 13.8. The van der Waals surface area contributed by atoms with Crippen molar-refractivity contribution in [3.05, 3.63) is 132 Å². The molecule has 0 aromatic heterocycles. The zero-order chi connectivity index (χ0) is 22.9. The van der Waals surface area contributed by atoms with Gasteiger partial charge >= 0.3 is 202 Å². The zero-order valence-electron chi connectivity index (χ0n) is 17.9. The molecule has 0 saturated carbocycles. The van der Waals surface area contributed by atoms with E-state index in [0.717, 1.165) is 11.1 Å². The maximum atomic E-state index is 13.8. The van der Waals surface area contributed by atoms with Gasteiger partial charge in [-0.05, 0) is 0 Å². The summed E-state index contributed by atoms with van der Waals surface area (Å²) in [4.78, 5) is 0.225. The molecule has 33 heavy (non-hydrogen) atoms. The Labute approximate surface area is 201 Å². The Balaban J connectivity index is 1.77. The third-order valence-electron chi connectivity index (χ3n) is 5.01. The number of sulfonamides is 1. The van der Waals surface area contributed by atoms with E-state index in [2.05, 4.69) is 17.2 Å². The Kier molecular flexibility index (Phi) is 7.74. The normalized spacial score (nSPS) is 12.5. The summed E-state index contributed by atoms with van der Waals surface area (Å²) in [5.74, 6) is 0. The molecule has 0 N–H and O–H groups in total. The molecule has 1 atom stereocenters. The van der Waals surface area contributed by atoms with Gasteiger partial charge in [-0.2, -0.15) is 0 Å². The fourth-order valence-corrected chi connectivity index (χ4v) is 7.13. The monoisotopic (exact) mass is 520 g/mol. The van der Waals surface area contributed by atoms with Gasteiger partial charge in [0, 0.05) is 0 Å². The van der Waals surface area contributed by atoms with Gasteiger partial charge in [0.05, 0.1) is 0 Å². The fourth-order valence-electron chi connectivity index (χ4n) is 3.33. The van der Waals surface area contributed by atoms with Crippen molar-refractivity contribution >= 4 is 35.7 Å². The van der Waals surface area contributed by atoms with E-state index in [9.17, 15) is 8.42 Å². The quantitative estimate of drug-likeness (QED) is 0.180. The molecule has 0 aliphatic heterocycles. The summed E-state index contributed by atoms with van der Waals surface area (Å²) in [6.07, 6.45) is 1.62. The molecule has 4 nitrogen and oxygen atoms in total. The van der Waals surface area contributed by atoms with Gasteiger partial charge < -0.3 is 0 Å². The molecule has 4 rings (SSSR count). The number of benzene rings is 4. The van der Waals surface area contributed by atoms with Crippen molar-refractivity contribution in [2.45, 2.75) is 16.3 Å². The minimum absolute atomic E-state index is 0.0640. The van der Waals surface area contributed by atoms with Gasteiger partial charge in [-0.25, -0.2) is 0 Å². The van der Waals surface area contributed by atoms with Crippen molar-refractivity contribution in [3.63, 3.8) is 0 Å². The van der Waals surface area contributed by atoms with Gasteiger partial charge in [-0.1, -0.05) is 0 Å². The molecule has 0 bridgehead atoms. The Morgan fingerprint density at radius 1 is 0.727 bits per heavy atom. The van der Waals surface area contributed by atoms with Crippen molar-refractivity contribution in [1.29, 1.82) is 0 Å². The number of hydrogen-bond acceptors (Lipinski definition) is 3. The molecule has 4 aromatic rings. The van der Waals surface area contributed by atoms with Gasteiger partial charge in [-0.15, -0.1) is 0 Å². The van der Waals surface area contributed by atoms with Crippen LogP contribution in [0.1, 0.15) is 17.2 Å². The van der Waals surface area contributed by atoms with E-state index in [1.165, 1.54) is 8.88 Å². The fraction of sp³-hybridized carbons (Fsp3) is 0.0741. The number of hydrogen-bond donors (Lipinski definition) is 0. The summed E-state index contributed by atoms with van der Waals surface area (Å²) in [5.41, 5.74) is 1.76. The molecule has 166 valence electrons. The van der Waals surface area contributed by atoms with Crippen LogP contribution >= 0.6 is 0 Å². The molecular formula is C27H24N2O2SSe. The third kappa shape index (κ3) is 5.99. The Hall–Kier alpha value is -3.18. The first kappa shape index (κ1) is 23.0. The standard InChI is InChI=1S/C27H24N2O2SSe/c30-32(31,25-17-9-3-10-18-25)29(28-21-23-13-5-1-6-14-23)27(24-15-7-2-8-16-24)22-33-26-19-11-4-12-20-26/h1-21,27H,22H2. The van der Waals surface area contributed by atoms with E-state index in [4.69, 9.17) is 0 Å². The first-order chi connectivity index (χ1) is 16.1. The average Bonchev–Trinajstić information content (AvgIpc) is 2.88. The van der Waals surface area contributed by atoms with Gasteiger partial charge in [0.25, 0.3) is 0 Å². The Bertz CT molecular complexity index is 1270. The molecule has 1 unspecified atom stereocenters. The Morgan fingerprint density at radius 2 is 1.24 bits per heavy atom. The second-order valence-electron chi connectivity index (χ2n) is 7.30. The van der Waals surface area contributed by atoms with Gasteiger partial charge in [-0.3, -0.25) is 0 Å². The van der Waals surface area contributed by atoms with Crippen molar-refractivity contribution in [2.24, 2.45) is 5.10 Å². The second kappa shape index (κ2) is 11.1. The van der Waals surface area contributed by atoms with Gasteiger partial charge in [0.2, 0.25) is 0 Å². The van der Waals surface area contributed by atoms with Gasteiger partial charge in [0.1, 0.15) is 0 Å². The summed E-state index contributed by atoms with van der Waals surface area (Å²) in [6.45, 7) is 0. The van der Waals surface area contributed by atoms with E-state index in [-0.39, 0.29) is 19.9 Å². The summed E-state index contributed by atoms with van der Waals surface area (Å²) in [7, 11) is -3.88. The van der Waals surface area contributed by atoms with E-state index >= 15 is 0 Å². The summed E-state index contributed by atoms with van der Waals surface area (Å²) in [6, 6.07) is 37.6. The minimum atomic E-state index is -3.88. The van der Waals surface area contributed by atoms with Crippen LogP contribution in [0.3, 0.4) is 0 Å². The molecule has 6 heteroatoms. The summed E-state index contributed by atoms with van der Waals surface area (Å²) < 4.78 is 30.1. The van der Waals surface area contributed by atoms with Crippen molar-refractivity contribution in [1.82, 2.24) is 4.41 Å². The molecule has 0 heterocycles. The van der Waals surface area contributed by atoms with E-state index < -0.39 is 16.1 Å². The Morgan fingerprint density at radius 3 is 1.85 bits per heavy atom. The van der Waals surface area contributed by atoms with Crippen LogP contribution < -0.4 is 4.46 Å². The average molecular weight is 520 g/mol. The van der Waals surface area contributed by atoms with Crippen LogP contribution in [0.5, 0.6) is 0 Å². The van der Waals surface area contributed by atoms with Gasteiger partial charge in [0.15, 0.2) is 0 Å². The molecular weight excluding hydrogens is 495 g/mol. The van der Waals surface area contributed by atoms with E-state index in [0.29, 0.717) is 5.32 Å². The zero-order valence-corrected chi connectivity index (χ0v) is 20.5. The van der Waals surface area contributed by atoms with Crippen LogP contribution in [0.4, 0.5) is 0 Å². The van der Waals surface area contributed by atoms with Crippen molar-refractivity contribution < 1.29 is 8.42 Å². The molecule has 0 spiro atoms. The molecule has 0 aliphatic carbocycles. The number of rotatable bonds is 9. The van der Waals surface area contributed by atoms with E-state index in [1.54, 1.807) is 30.5 Å². The first-order valence-corrected chi connectivity index (χ1v) is 14.1. The van der Waals surface area contributed by atoms with Crippen LogP contribution in [0.15, 0.2) is 131 Å². The summed E-state index contributed by atoms with van der Waals surface area (Å²) in [5, 5.41) is 5.21. The van der Waals surface area contributed by atoms with Crippen LogP contribution in [0.25, 0.3) is 0 Å². The van der Waals surface area contributed by atoms with Crippen LogP contribution in [0.2, 0.25) is 5.32 Å². The molecule has 0 amide bonds. The topological polar surface area (TPSA) is 49.7 Å². The predicted molar refractivity (Wildman–Crippen MR) is 135 cm³/mol. The SMILES string of the molecule is O=S(=O)(c1ccccc1)N(N=Cc1ccccc1)C(C[Se]c1ccccc1)c1ccccc1. The molecule has 0 saturated heterocycles. The van der Waals surface area contributed by atoms with Crippen LogP contribution in [0, 0.1) is 0 Å². The number of hydrazone groups is 1. The van der Waals surface area contributed by atoms with Crippen molar-refractivity contribution in [3.8, 4) is 0 Å². The number of nitrogens with zero attached hydrogens (tertiary/aromatic N) is 2. The molecule has 4 aromatic carbocycles. The summed E-state index contributed by atoms with van der Waals surface area (Å²) >= 11 is 0.0640. The first-order valence-electron chi connectivity index (χ1n) is 10.6. The third-order valence-corrected chi connectivity index (χ3v) is 9.00. The molecule has 0 aliphatic rings. The molecule has 0 radical (unpaired) electrons.